The van der Waals surface area contributed by atoms with Gasteiger partial charge in [-0.3, -0.25) is 4.68 Å². The maximum Gasteiger partial charge on any atom is 0.169 e. The van der Waals surface area contributed by atoms with Crippen molar-refractivity contribution in [2.45, 2.75) is 6.54 Å². The second-order valence-electron chi connectivity index (χ2n) is 3.61. The van der Waals surface area contributed by atoms with Crippen molar-refractivity contribution in [2.24, 2.45) is 0 Å². The highest BCUT2D eigenvalue weighted by atomic mass is 16.5. The van der Waals surface area contributed by atoms with Crippen molar-refractivity contribution in [1.29, 1.82) is 0 Å². The number of likely N-dealkylation sites (N-methyl/N-ethyl adjacent to an activating group) is 1. The lowest BCUT2D eigenvalue weighted by molar-refractivity contribution is 0.411. The molecule has 2 N–H and O–H groups in total. The summed E-state index contributed by atoms with van der Waals surface area (Å²) in [5.74, 6) is 1.17. The van der Waals surface area contributed by atoms with E-state index in [1.54, 1.807) is 41.3 Å². The van der Waals surface area contributed by atoms with Crippen molar-refractivity contribution in [3.8, 4) is 17.2 Å². The number of para-hydroxylation sites is 2. The van der Waals surface area contributed by atoms with E-state index in [-0.39, 0.29) is 5.75 Å². The Labute approximate surface area is 99.6 Å². The highest BCUT2D eigenvalue weighted by Gasteiger charge is 2.04. The van der Waals surface area contributed by atoms with Crippen molar-refractivity contribution in [2.75, 3.05) is 13.6 Å². The molecule has 2 aromatic rings. The second kappa shape index (κ2) is 5.36. The first kappa shape index (κ1) is 11.5. The molecular formula is C12H15N3O2. The summed E-state index contributed by atoms with van der Waals surface area (Å²) in [6.45, 7) is 1.62. The SMILES string of the molecule is CNCCn1cc(Oc2ccccc2O)cn1. The maximum atomic E-state index is 9.56. The predicted molar refractivity (Wildman–Crippen MR) is 64.3 cm³/mol. The molecule has 0 aliphatic rings. The standard InChI is InChI=1S/C12H15N3O2/c1-13-6-7-15-9-10(8-14-15)17-12-5-3-2-4-11(12)16/h2-5,8-9,13,16H,6-7H2,1H3. The number of phenolic OH excluding ortho intramolecular Hbond substituents is 1. The molecule has 0 saturated carbocycles. The molecule has 0 fully saturated rings. The monoisotopic (exact) mass is 233 g/mol. The molecule has 0 bridgehead atoms. The number of hydrogen-bond donors (Lipinski definition) is 2. The molecule has 1 aromatic carbocycles. The zero-order chi connectivity index (χ0) is 12.1. The zero-order valence-electron chi connectivity index (χ0n) is 9.63. The average Bonchev–Trinajstić information content (AvgIpc) is 2.77. The molecule has 1 heterocycles. The van der Waals surface area contributed by atoms with Gasteiger partial charge < -0.3 is 15.2 Å². The van der Waals surface area contributed by atoms with Gasteiger partial charge in [0.25, 0.3) is 0 Å². The van der Waals surface area contributed by atoms with Gasteiger partial charge >= 0.3 is 0 Å². The Balaban J connectivity index is 2.04. The van der Waals surface area contributed by atoms with Crippen molar-refractivity contribution >= 4 is 0 Å². The number of nitrogens with one attached hydrogen (secondary N) is 1. The fraction of sp³-hybridized carbons (Fsp3) is 0.250. The van der Waals surface area contributed by atoms with Gasteiger partial charge in [-0.15, -0.1) is 0 Å². The van der Waals surface area contributed by atoms with Crippen LogP contribution in [-0.2, 0) is 6.54 Å². The van der Waals surface area contributed by atoms with Gasteiger partial charge in [-0.25, -0.2) is 0 Å². The van der Waals surface area contributed by atoms with Gasteiger partial charge in [0.15, 0.2) is 17.2 Å². The number of ether oxygens (including phenoxy) is 1. The van der Waals surface area contributed by atoms with Crippen LogP contribution < -0.4 is 10.1 Å². The van der Waals surface area contributed by atoms with Gasteiger partial charge in [-0.1, -0.05) is 12.1 Å². The van der Waals surface area contributed by atoms with Crippen LogP contribution in [0.1, 0.15) is 0 Å². The molecule has 90 valence electrons. The van der Waals surface area contributed by atoms with Gasteiger partial charge in [-0.05, 0) is 19.2 Å². The summed E-state index contributed by atoms with van der Waals surface area (Å²) < 4.78 is 7.30. The third-order valence-corrected chi connectivity index (χ3v) is 2.29. The summed E-state index contributed by atoms with van der Waals surface area (Å²) in [7, 11) is 1.89. The van der Waals surface area contributed by atoms with E-state index in [0.29, 0.717) is 11.5 Å². The van der Waals surface area contributed by atoms with Gasteiger partial charge in [-0.2, -0.15) is 5.10 Å². The molecule has 0 aliphatic carbocycles. The number of benzene rings is 1. The van der Waals surface area contributed by atoms with E-state index >= 15 is 0 Å². The van der Waals surface area contributed by atoms with Crippen molar-refractivity contribution in [3.63, 3.8) is 0 Å². The van der Waals surface area contributed by atoms with Crippen LogP contribution in [0.2, 0.25) is 0 Å². The molecule has 0 amide bonds. The zero-order valence-corrected chi connectivity index (χ0v) is 9.63. The van der Waals surface area contributed by atoms with E-state index in [1.807, 2.05) is 7.05 Å². The Kier molecular flexibility index (Phi) is 3.62. The number of nitrogens with zero attached hydrogens (tertiary/aromatic N) is 2. The van der Waals surface area contributed by atoms with Crippen LogP contribution in [0.25, 0.3) is 0 Å². The summed E-state index contributed by atoms with van der Waals surface area (Å²) in [5, 5.41) is 16.8. The lowest BCUT2D eigenvalue weighted by Crippen LogP contribution is -2.14. The van der Waals surface area contributed by atoms with Crippen LogP contribution >= 0.6 is 0 Å². The van der Waals surface area contributed by atoms with Gasteiger partial charge in [0, 0.05) is 6.54 Å². The molecule has 0 saturated heterocycles. The maximum absolute atomic E-state index is 9.56. The average molecular weight is 233 g/mol. The molecule has 5 heteroatoms. The van der Waals surface area contributed by atoms with Gasteiger partial charge in [0.2, 0.25) is 0 Å². The van der Waals surface area contributed by atoms with E-state index in [0.717, 1.165) is 13.1 Å². The fourth-order valence-electron chi connectivity index (χ4n) is 1.42. The molecule has 5 nitrogen and oxygen atoms in total. The Hall–Kier alpha value is -2.01. The predicted octanol–water partition coefficient (Wildman–Crippen LogP) is 1.60. The molecule has 2 rings (SSSR count). The molecular weight excluding hydrogens is 218 g/mol. The fourth-order valence-corrected chi connectivity index (χ4v) is 1.42. The highest BCUT2D eigenvalue weighted by molar-refractivity contribution is 5.40. The van der Waals surface area contributed by atoms with Crippen LogP contribution in [0.15, 0.2) is 36.7 Å². The smallest absolute Gasteiger partial charge is 0.169 e. The topological polar surface area (TPSA) is 59.3 Å². The van der Waals surface area contributed by atoms with Crippen LogP contribution in [-0.4, -0.2) is 28.5 Å². The van der Waals surface area contributed by atoms with E-state index < -0.39 is 0 Å². The molecule has 0 atom stereocenters. The minimum absolute atomic E-state index is 0.121. The minimum Gasteiger partial charge on any atom is -0.504 e. The number of aromatic hydroxyl groups is 1. The number of phenols is 1. The summed E-state index contributed by atoms with van der Waals surface area (Å²) in [6, 6.07) is 6.85. The Morgan fingerprint density at radius 3 is 3.00 bits per heavy atom. The molecule has 17 heavy (non-hydrogen) atoms. The molecule has 0 aliphatic heterocycles. The number of rotatable bonds is 5. The van der Waals surface area contributed by atoms with Crippen LogP contribution in [0.3, 0.4) is 0 Å². The first-order valence-electron chi connectivity index (χ1n) is 5.42. The first-order chi connectivity index (χ1) is 8.29. The van der Waals surface area contributed by atoms with Gasteiger partial charge in [0.05, 0.1) is 18.9 Å². The lowest BCUT2D eigenvalue weighted by Gasteiger charge is -2.04. The summed E-state index contributed by atoms with van der Waals surface area (Å²) in [4.78, 5) is 0. The van der Waals surface area contributed by atoms with E-state index in [9.17, 15) is 5.11 Å². The van der Waals surface area contributed by atoms with Crippen molar-refractivity contribution in [1.82, 2.24) is 15.1 Å². The third-order valence-electron chi connectivity index (χ3n) is 2.29. The summed E-state index contributed by atoms with van der Waals surface area (Å²) in [6.07, 6.45) is 3.42. The minimum atomic E-state index is 0.121. The molecule has 0 radical (unpaired) electrons. The Morgan fingerprint density at radius 1 is 1.41 bits per heavy atom. The van der Waals surface area contributed by atoms with E-state index in [1.165, 1.54) is 0 Å². The van der Waals surface area contributed by atoms with Gasteiger partial charge in [0.1, 0.15) is 0 Å². The van der Waals surface area contributed by atoms with Crippen LogP contribution in [0, 0.1) is 0 Å². The first-order valence-corrected chi connectivity index (χ1v) is 5.42. The van der Waals surface area contributed by atoms with Crippen LogP contribution in [0.5, 0.6) is 17.2 Å². The largest absolute Gasteiger partial charge is 0.504 e. The lowest BCUT2D eigenvalue weighted by atomic mass is 10.3. The quantitative estimate of drug-likeness (QED) is 0.823. The molecule has 0 spiro atoms. The molecule has 1 aromatic heterocycles. The normalized spacial score (nSPS) is 10.4. The third kappa shape index (κ3) is 2.98. The van der Waals surface area contributed by atoms with Crippen molar-refractivity contribution < 1.29 is 9.84 Å². The van der Waals surface area contributed by atoms with E-state index in [2.05, 4.69) is 10.4 Å². The van der Waals surface area contributed by atoms with E-state index in [4.69, 9.17) is 4.74 Å². The second-order valence-corrected chi connectivity index (χ2v) is 3.61. The summed E-state index contributed by atoms with van der Waals surface area (Å²) in [5.41, 5.74) is 0. The molecule has 0 unspecified atom stereocenters. The van der Waals surface area contributed by atoms with Crippen LogP contribution in [0.4, 0.5) is 0 Å². The number of hydrogen-bond acceptors (Lipinski definition) is 4. The number of aromatic nitrogens is 2. The summed E-state index contributed by atoms with van der Waals surface area (Å²) >= 11 is 0. The van der Waals surface area contributed by atoms with Crippen molar-refractivity contribution in [3.05, 3.63) is 36.7 Å². The highest BCUT2D eigenvalue weighted by Crippen LogP contribution is 2.29. The Morgan fingerprint density at radius 2 is 2.24 bits per heavy atom. The Bertz CT molecular complexity index is 482.